The Bertz CT molecular complexity index is 543. The summed E-state index contributed by atoms with van der Waals surface area (Å²) in [4.78, 5) is 23.3. The number of β-amino-alcohol motifs (C(OH)–C–C–N with tert-alkyl or cyclic N) is 1. The highest BCUT2D eigenvalue weighted by atomic mass is 16.6. The van der Waals surface area contributed by atoms with Gasteiger partial charge in [0.2, 0.25) is 5.91 Å². The molecule has 100 valence electrons. The topological polar surface area (TPSA) is 83.7 Å². The summed E-state index contributed by atoms with van der Waals surface area (Å²) in [6.45, 7) is 2.29. The van der Waals surface area contributed by atoms with Crippen LogP contribution < -0.4 is 0 Å². The zero-order valence-electron chi connectivity index (χ0n) is 10.4. The summed E-state index contributed by atoms with van der Waals surface area (Å²) in [6, 6.07) is 6.04. The van der Waals surface area contributed by atoms with Gasteiger partial charge in [-0.1, -0.05) is 12.1 Å². The van der Waals surface area contributed by atoms with Crippen LogP contribution in [-0.4, -0.2) is 39.5 Å². The Labute approximate surface area is 110 Å². The van der Waals surface area contributed by atoms with E-state index in [-0.39, 0.29) is 11.6 Å². The molecule has 1 fully saturated rings. The van der Waals surface area contributed by atoms with Crippen LogP contribution in [0.2, 0.25) is 0 Å². The maximum Gasteiger partial charge on any atom is 0.270 e. The molecule has 0 unspecified atom stereocenters. The smallest absolute Gasteiger partial charge is 0.270 e. The van der Waals surface area contributed by atoms with Crippen LogP contribution in [0.5, 0.6) is 0 Å². The second kappa shape index (κ2) is 4.81. The molecule has 2 rings (SSSR count). The molecule has 0 spiro atoms. The van der Waals surface area contributed by atoms with E-state index in [9.17, 15) is 20.0 Å². The first-order chi connectivity index (χ1) is 8.87. The number of nitro benzene ring substituents is 1. The predicted molar refractivity (Wildman–Crippen MR) is 69.3 cm³/mol. The predicted octanol–water partition coefficient (Wildman–Crippen LogP) is 1.20. The Balaban J connectivity index is 2.01. The summed E-state index contributed by atoms with van der Waals surface area (Å²) in [5.41, 5.74) is -0.217. The molecule has 1 aromatic carbocycles. The zero-order chi connectivity index (χ0) is 14.0. The van der Waals surface area contributed by atoms with Gasteiger partial charge in [-0.2, -0.15) is 0 Å². The van der Waals surface area contributed by atoms with Gasteiger partial charge in [0.15, 0.2) is 0 Å². The molecule has 1 aliphatic rings. The maximum atomic E-state index is 11.7. The third-order valence-electron chi connectivity index (χ3n) is 2.87. The fourth-order valence-electron chi connectivity index (χ4n) is 1.95. The first-order valence-electron chi connectivity index (χ1n) is 5.81. The number of amides is 1. The standard InChI is InChI=1S/C13H14N2O4/c1-13(17)8-14(9-13)12(16)6-5-10-3-2-4-11(7-10)15(18)19/h2-7,17H,8-9H2,1H3. The number of nitrogens with zero attached hydrogens (tertiary/aromatic N) is 2. The van der Waals surface area contributed by atoms with Crippen molar-refractivity contribution < 1.29 is 14.8 Å². The Hall–Kier alpha value is -2.21. The van der Waals surface area contributed by atoms with Gasteiger partial charge in [0, 0.05) is 18.2 Å². The summed E-state index contributed by atoms with van der Waals surface area (Å²) >= 11 is 0. The third kappa shape index (κ3) is 3.17. The van der Waals surface area contributed by atoms with Gasteiger partial charge in [0.1, 0.15) is 0 Å². The van der Waals surface area contributed by atoms with Crippen LogP contribution in [-0.2, 0) is 4.79 Å². The number of non-ortho nitro benzene ring substituents is 1. The summed E-state index contributed by atoms with van der Waals surface area (Å²) in [6.07, 6.45) is 2.89. The number of hydrogen-bond acceptors (Lipinski definition) is 4. The zero-order valence-corrected chi connectivity index (χ0v) is 10.4. The number of hydrogen-bond donors (Lipinski definition) is 1. The molecule has 0 aromatic heterocycles. The van der Waals surface area contributed by atoms with Crippen molar-refractivity contribution in [2.45, 2.75) is 12.5 Å². The fourth-order valence-corrected chi connectivity index (χ4v) is 1.95. The summed E-state index contributed by atoms with van der Waals surface area (Å²) < 4.78 is 0. The SMILES string of the molecule is CC1(O)CN(C(=O)C=Cc2cccc([N+](=O)[O-])c2)C1. The minimum atomic E-state index is -0.797. The van der Waals surface area contributed by atoms with Crippen LogP contribution in [0, 0.1) is 10.1 Å². The summed E-state index contributed by atoms with van der Waals surface area (Å²) in [5.74, 6) is -0.210. The number of nitro groups is 1. The van der Waals surface area contributed by atoms with Crippen LogP contribution in [0.4, 0.5) is 5.69 Å². The second-order valence-corrected chi connectivity index (χ2v) is 4.88. The molecular weight excluding hydrogens is 248 g/mol. The highest BCUT2D eigenvalue weighted by Crippen LogP contribution is 2.20. The van der Waals surface area contributed by atoms with Crippen molar-refractivity contribution in [3.63, 3.8) is 0 Å². The molecule has 0 bridgehead atoms. The number of rotatable bonds is 3. The first kappa shape index (κ1) is 13.2. The highest BCUT2D eigenvalue weighted by molar-refractivity contribution is 5.92. The second-order valence-electron chi connectivity index (χ2n) is 4.88. The van der Waals surface area contributed by atoms with E-state index in [0.29, 0.717) is 18.7 Å². The van der Waals surface area contributed by atoms with Crippen molar-refractivity contribution in [2.24, 2.45) is 0 Å². The minimum absolute atomic E-state index is 0.0125. The van der Waals surface area contributed by atoms with Crippen molar-refractivity contribution in [3.05, 3.63) is 46.0 Å². The lowest BCUT2D eigenvalue weighted by molar-refractivity contribution is -0.384. The molecule has 6 heteroatoms. The van der Waals surface area contributed by atoms with Crippen molar-refractivity contribution >= 4 is 17.7 Å². The molecule has 1 heterocycles. The number of carbonyl (C=O) groups is 1. The summed E-state index contributed by atoms with van der Waals surface area (Å²) in [5, 5.41) is 20.1. The van der Waals surface area contributed by atoms with E-state index in [1.807, 2.05) is 0 Å². The summed E-state index contributed by atoms with van der Waals surface area (Å²) in [7, 11) is 0. The largest absolute Gasteiger partial charge is 0.386 e. The van der Waals surface area contributed by atoms with E-state index < -0.39 is 10.5 Å². The maximum absolute atomic E-state index is 11.7. The van der Waals surface area contributed by atoms with Crippen molar-refractivity contribution in [3.8, 4) is 0 Å². The Morgan fingerprint density at radius 2 is 2.21 bits per heavy atom. The molecule has 1 aromatic rings. The van der Waals surface area contributed by atoms with Crippen LogP contribution in [0.15, 0.2) is 30.3 Å². The molecule has 6 nitrogen and oxygen atoms in total. The number of aliphatic hydroxyl groups is 1. The Morgan fingerprint density at radius 1 is 1.53 bits per heavy atom. The Kier molecular flexibility index (Phi) is 3.35. The van der Waals surface area contributed by atoms with Gasteiger partial charge in [-0.25, -0.2) is 0 Å². The lowest BCUT2D eigenvalue weighted by Crippen LogP contribution is -2.61. The number of likely N-dealkylation sites (tertiary alicyclic amines) is 1. The molecule has 19 heavy (non-hydrogen) atoms. The average molecular weight is 262 g/mol. The molecular formula is C13H14N2O4. The van der Waals surface area contributed by atoms with E-state index in [2.05, 4.69) is 0 Å². The van der Waals surface area contributed by atoms with E-state index in [4.69, 9.17) is 0 Å². The van der Waals surface area contributed by atoms with Gasteiger partial charge in [-0.15, -0.1) is 0 Å². The van der Waals surface area contributed by atoms with Crippen molar-refractivity contribution in [1.82, 2.24) is 4.90 Å². The van der Waals surface area contributed by atoms with Crippen molar-refractivity contribution in [1.29, 1.82) is 0 Å². The lowest BCUT2D eigenvalue weighted by atomic mass is 9.97. The lowest BCUT2D eigenvalue weighted by Gasteiger charge is -2.43. The van der Waals surface area contributed by atoms with Gasteiger partial charge in [-0.3, -0.25) is 14.9 Å². The van der Waals surface area contributed by atoms with Gasteiger partial charge < -0.3 is 10.0 Å². The van der Waals surface area contributed by atoms with E-state index in [1.165, 1.54) is 29.2 Å². The molecule has 0 aliphatic carbocycles. The van der Waals surface area contributed by atoms with Gasteiger partial charge >= 0.3 is 0 Å². The van der Waals surface area contributed by atoms with Gasteiger partial charge in [-0.05, 0) is 18.6 Å². The molecule has 0 atom stereocenters. The molecule has 1 N–H and O–H groups in total. The van der Waals surface area contributed by atoms with Crippen LogP contribution in [0.3, 0.4) is 0 Å². The van der Waals surface area contributed by atoms with Crippen LogP contribution in [0.25, 0.3) is 6.08 Å². The average Bonchev–Trinajstić information content (AvgIpc) is 2.33. The number of carbonyl (C=O) groups excluding carboxylic acids is 1. The molecule has 1 aliphatic heterocycles. The molecule has 0 saturated carbocycles. The molecule has 0 radical (unpaired) electrons. The fraction of sp³-hybridized carbons (Fsp3) is 0.308. The molecule has 1 amide bonds. The first-order valence-corrected chi connectivity index (χ1v) is 5.81. The van der Waals surface area contributed by atoms with E-state index >= 15 is 0 Å². The van der Waals surface area contributed by atoms with Gasteiger partial charge in [0.25, 0.3) is 5.69 Å². The van der Waals surface area contributed by atoms with E-state index in [1.54, 1.807) is 19.1 Å². The van der Waals surface area contributed by atoms with Crippen molar-refractivity contribution in [2.75, 3.05) is 13.1 Å². The quantitative estimate of drug-likeness (QED) is 0.504. The van der Waals surface area contributed by atoms with E-state index in [0.717, 1.165) is 0 Å². The highest BCUT2D eigenvalue weighted by Gasteiger charge is 2.38. The van der Waals surface area contributed by atoms with Crippen LogP contribution in [0.1, 0.15) is 12.5 Å². The number of benzene rings is 1. The third-order valence-corrected chi connectivity index (χ3v) is 2.87. The van der Waals surface area contributed by atoms with Gasteiger partial charge in [0.05, 0.1) is 23.6 Å². The normalized spacial score (nSPS) is 17.3. The molecule has 1 saturated heterocycles. The Morgan fingerprint density at radius 3 is 2.79 bits per heavy atom. The van der Waals surface area contributed by atoms with Crippen LogP contribution >= 0.6 is 0 Å². The monoisotopic (exact) mass is 262 g/mol. The minimum Gasteiger partial charge on any atom is -0.386 e.